The van der Waals surface area contributed by atoms with Crippen molar-refractivity contribution in [3.05, 3.63) is 65.9 Å². The Morgan fingerprint density at radius 2 is 1.73 bits per heavy atom. The Morgan fingerprint density at radius 3 is 2.48 bits per heavy atom. The lowest BCUT2D eigenvalue weighted by Gasteiger charge is -2.12. The van der Waals surface area contributed by atoms with Crippen LogP contribution in [0.25, 0.3) is 11.5 Å². The summed E-state index contributed by atoms with van der Waals surface area (Å²) in [5.74, 6) is 0.804. The number of nitrogens with one attached hydrogen (secondary N) is 3. The summed E-state index contributed by atoms with van der Waals surface area (Å²) in [6.45, 7) is 3.23. The molecule has 0 aliphatic carbocycles. The van der Waals surface area contributed by atoms with Crippen LogP contribution in [-0.4, -0.2) is 52.2 Å². The number of carboxylic acid groups (broad SMARTS) is 1. The van der Waals surface area contributed by atoms with Crippen molar-refractivity contribution >= 4 is 17.6 Å². The summed E-state index contributed by atoms with van der Waals surface area (Å²) in [5, 5.41) is 18.6. The van der Waals surface area contributed by atoms with Gasteiger partial charge in [0.1, 0.15) is 17.3 Å². The number of hydrogen-bond donors (Lipinski definition) is 5. The number of nitrogens with zero attached hydrogens (tertiary/aromatic N) is 3. The summed E-state index contributed by atoms with van der Waals surface area (Å²) in [5.41, 5.74) is 8.46. The lowest BCUT2D eigenvalue weighted by Crippen LogP contribution is -2.23. The Morgan fingerprint density at radius 1 is 0.939 bits per heavy atom. The lowest BCUT2D eigenvalue weighted by molar-refractivity contribution is -0.136. The zero-order valence-corrected chi connectivity index (χ0v) is 18.6. The number of rotatable bonds is 14. The van der Waals surface area contributed by atoms with Crippen LogP contribution in [0.3, 0.4) is 0 Å². The second kappa shape index (κ2) is 13.1. The molecule has 174 valence electrons. The van der Waals surface area contributed by atoms with Crippen LogP contribution in [0.4, 0.5) is 11.6 Å². The van der Waals surface area contributed by atoms with Gasteiger partial charge in [-0.2, -0.15) is 0 Å². The van der Waals surface area contributed by atoms with Crippen LogP contribution in [0.1, 0.15) is 24.0 Å². The minimum atomic E-state index is -0.866. The van der Waals surface area contributed by atoms with Gasteiger partial charge in [0.2, 0.25) is 0 Å². The molecule has 33 heavy (non-hydrogen) atoms. The Hall–Kier alpha value is -3.56. The fraction of sp³-hybridized carbons (Fsp3) is 0.333. The maximum atomic E-state index is 10.9. The van der Waals surface area contributed by atoms with Gasteiger partial charge in [-0.25, -0.2) is 9.97 Å². The van der Waals surface area contributed by atoms with Gasteiger partial charge in [0.05, 0.1) is 6.42 Å². The molecule has 0 unspecified atom stereocenters. The highest BCUT2D eigenvalue weighted by Gasteiger charge is 2.10. The van der Waals surface area contributed by atoms with Gasteiger partial charge in [0.25, 0.3) is 0 Å². The number of carbonyl (C=O) groups is 1. The Kier molecular flexibility index (Phi) is 9.56. The molecule has 2 heterocycles. The SMILES string of the molecule is NCCNCCCc1ccnc(-c2nc(NCCC(=O)O)cc(NCc3ccccc3)n2)c1. The van der Waals surface area contributed by atoms with E-state index in [-0.39, 0.29) is 13.0 Å². The zero-order valence-electron chi connectivity index (χ0n) is 18.6. The van der Waals surface area contributed by atoms with E-state index in [9.17, 15) is 4.79 Å². The predicted molar refractivity (Wildman–Crippen MR) is 130 cm³/mol. The molecule has 0 fully saturated rings. The van der Waals surface area contributed by atoms with Crippen LogP contribution in [-0.2, 0) is 17.8 Å². The second-order valence-electron chi connectivity index (χ2n) is 7.56. The second-order valence-corrected chi connectivity index (χ2v) is 7.56. The molecule has 0 radical (unpaired) electrons. The molecular formula is C24H31N7O2. The molecule has 0 spiro atoms. The van der Waals surface area contributed by atoms with Crippen LogP contribution >= 0.6 is 0 Å². The highest BCUT2D eigenvalue weighted by molar-refractivity contribution is 5.67. The van der Waals surface area contributed by atoms with Crippen LogP contribution < -0.4 is 21.7 Å². The Balaban J connectivity index is 1.75. The quantitative estimate of drug-likeness (QED) is 0.235. The van der Waals surface area contributed by atoms with E-state index >= 15 is 0 Å². The average Bonchev–Trinajstić information content (AvgIpc) is 2.83. The van der Waals surface area contributed by atoms with E-state index in [1.54, 1.807) is 12.3 Å². The summed E-state index contributed by atoms with van der Waals surface area (Å²) in [7, 11) is 0. The third kappa shape index (κ3) is 8.47. The summed E-state index contributed by atoms with van der Waals surface area (Å²) in [6, 6.07) is 15.8. The fourth-order valence-corrected chi connectivity index (χ4v) is 3.23. The highest BCUT2D eigenvalue weighted by atomic mass is 16.4. The van der Waals surface area contributed by atoms with Gasteiger partial charge in [0, 0.05) is 38.4 Å². The molecule has 3 rings (SSSR count). The molecule has 0 aliphatic rings. The monoisotopic (exact) mass is 449 g/mol. The van der Waals surface area contributed by atoms with Gasteiger partial charge >= 0.3 is 5.97 Å². The third-order valence-electron chi connectivity index (χ3n) is 4.88. The van der Waals surface area contributed by atoms with E-state index < -0.39 is 5.97 Å². The van der Waals surface area contributed by atoms with E-state index in [1.807, 2.05) is 42.5 Å². The number of aliphatic carboxylic acids is 1. The number of nitrogens with two attached hydrogens (primary N) is 1. The standard InChI is InChI=1S/C24H31N7O2/c25-10-14-26-11-4-7-18-8-12-27-20(15-18)24-30-21(28-13-9-23(32)33)16-22(31-24)29-17-19-5-2-1-3-6-19/h1-3,5-6,8,12,15-16,26H,4,7,9-11,13-14,17,25H2,(H,32,33)(H2,28,29,30,31). The summed E-state index contributed by atoms with van der Waals surface area (Å²) >= 11 is 0. The lowest BCUT2D eigenvalue weighted by atomic mass is 10.1. The van der Waals surface area contributed by atoms with Crippen molar-refractivity contribution < 1.29 is 9.90 Å². The normalized spacial score (nSPS) is 10.7. The Labute approximate surface area is 193 Å². The zero-order chi connectivity index (χ0) is 23.3. The molecule has 0 atom stereocenters. The molecular weight excluding hydrogens is 418 g/mol. The molecule has 6 N–H and O–H groups in total. The molecule has 1 aromatic carbocycles. The van der Waals surface area contributed by atoms with E-state index in [4.69, 9.17) is 10.8 Å². The van der Waals surface area contributed by atoms with Crippen molar-refractivity contribution in [1.29, 1.82) is 0 Å². The van der Waals surface area contributed by atoms with E-state index in [1.165, 1.54) is 0 Å². The smallest absolute Gasteiger partial charge is 0.305 e. The number of aromatic nitrogens is 3. The van der Waals surface area contributed by atoms with Crippen LogP contribution in [0, 0.1) is 0 Å². The number of hydrogen-bond acceptors (Lipinski definition) is 8. The maximum Gasteiger partial charge on any atom is 0.305 e. The molecule has 2 aromatic heterocycles. The van der Waals surface area contributed by atoms with Crippen LogP contribution in [0.5, 0.6) is 0 Å². The topological polar surface area (TPSA) is 138 Å². The minimum absolute atomic E-state index is 0.00194. The molecule has 3 aromatic rings. The maximum absolute atomic E-state index is 10.9. The summed E-state index contributed by atoms with van der Waals surface area (Å²) in [4.78, 5) is 24.6. The van der Waals surface area contributed by atoms with Gasteiger partial charge in [-0.1, -0.05) is 30.3 Å². The summed E-state index contributed by atoms with van der Waals surface area (Å²) < 4.78 is 0. The van der Waals surface area contributed by atoms with Crippen molar-refractivity contribution in [2.24, 2.45) is 5.73 Å². The fourth-order valence-electron chi connectivity index (χ4n) is 3.23. The molecule has 0 saturated heterocycles. The van der Waals surface area contributed by atoms with Crippen molar-refractivity contribution in [2.45, 2.75) is 25.8 Å². The largest absolute Gasteiger partial charge is 0.481 e. The van der Waals surface area contributed by atoms with Crippen LogP contribution in [0.2, 0.25) is 0 Å². The van der Waals surface area contributed by atoms with Gasteiger partial charge in [-0.05, 0) is 42.6 Å². The first-order valence-electron chi connectivity index (χ1n) is 11.1. The van der Waals surface area contributed by atoms with E-state index in [0.29, 0.717) is 36.2 Å². The molecule has 9 heteroatoms. The summed E-state index contributed by atoms with van der Waals surface area (Å²) in [6.07, 6.45) is 3.66. The number of anilines is 2. The van der Waals surface area contributed by atoms with Crippen molar-refractivity contribution in [3.63, 3.8) is 0 Å². The first-order chi connectivity index (χ1) is 16.1. The molecule has 0 saturated carbocycles. The molecule has 0 amide bonds. The Bertz CT molecular complexity index is 1010. The van der Waals surface area contributed by atoms with Gasteiger partial charge in [0.15, 0.2) is 5.82 Å². The molecule has 0 bridgehead atoms. The van der Waals surface area contributed by atoms with Crippen molar-refractivity contribution in [2.75, 3.05) is 36.8 Å². The van der Waals surface area contributed by atoms with Crippen molar-refractivity contribution in [3.8, 4) is 11.5 Å². The van der Waals surface area contributed by atoms with Gasteiger partial charge in [-0.3, -0.25) is 9.78 Å². The molecule has 0 aliphatic heterocycles. The minimum Gasteiger partial charge on any atom is -0.481 e. The van der Waals surface area contributed by atoms with E-state index in [0.717, 1.165) is 37.1 Å². The first kappa shape index (κ1) is 24.1. The van der Waals surface area contributed by atoms with Gasteiger partial charge < -0.3 is 26.8 Å². The predicted octanol–water partition coefficient (Wildman–Crippen LogP) is 2.52. The van der Waals surface area contributed by atoms with Crippen molar-refractivity contribution in [1.82, 2.24) is 20.3 Å². The number of benzene rings is 1. The third-order valence-corrected chi connectivity index (χ3v) is 4.88. The van der Waals surface area contributed by atoms with Gasteiger partial charge in [-0.15, -0.1) is 0 Å². The van der Waals surface area contributed by atoms with E-state index in [2.05, 4.69) is 30.9 Å². The van der Waals surface area contributed by atoms with Crippen LogP contribution in [0.15, 0.2) is 54.7 Å². The first-order valence-corrected chi connectivity index (χ1v) is 11.1. The molecule has 9 nitrogen and oxygen atoms in total. The number of carboxylic acids is 1. The average molecular weight is 450 g/mol. The number of aryl methyl sites for hydroxylation is 1. The number of pyridine rings is 1. The highest BCUT2D eigenvalue weighted by Crippen LogP contribution is 2.20.